The van der Waals surface area contributed by atoms with E-state index >= 15 is 0 Å². The molecule has 2 aromatic carbocycles. The van der Waals surface area contributed by atoms with Crippen LogP contribution in [-0.2, 0) is 11.4 Å². The molecular formula is C19H18ClN3O3S. The summed E-state index contributed by atoms with van der Waals surface area (Å²) in [6.45, 7) is 2.68. The first-order valence-corrected chi connectivity index (χ1v) is 9.71. The molecule has 0 unspecified atom stereocenters. The van der Waals surface area contributed by atoms with Crippen molar-refractivity contribution in [1.82, 2.24) is 10.2 Å². The van der Waals surface area contributed by atoms with Gasteiger partial charge in [-0.2, -0.15) is 0 Å². The number of halogens is 1. The van der Waals surface area contributed by atoms with Gasteiger partial charge in [0.2, 0.25) is 5.91 Å². The zero-order valence-corrected chi connectivity index (χ0v) is 16.2. The van der Waals surface area contributed by atoms with Crippen molar-refractivity contribution in [2.24, 2.45) is 0 Å². The van der Waals surface area contributed by atoms with Crippen molar-refractivity contribution in [3.8, 4) is 5.75 Å². The normalized spacial score (nSPS) is 10.6. The van der Waals surface area contributed by atoms with Crippen molar-refractivity contribution in [1.29, 1.82) is 0 Å². The standard InChI is InChI=1S/C19H18ClN3O3S/c1-2-23(15-6-4-3-5-7-15)18(24)13-27-19-22-21-17(26-19)12-25-16-10-8-14(20)9-11-16/h3-11H,2,12-13H2,1H3. The van der Waals surface area contributed by atoms with Crippen LogP contribution in [0.25, 0.3) is 0 Å². The lowest BCUT2D eigenvalue weighted by molar-refractivity contribution is -0.116. The summed E-state index contributed by atoms with van der Waals surface area (Å²) in [7, 11) is 0. The van der Waals surface area contributed by atoms with E-state index in [1.807, 2.05) is 37.3 Å². The number of rotatable bonds is 8. The van der Waals surface area contributed by atoms with E-state index in [9.17, 15) is 4.79 Å². The second-order valence-electron chi connectivity index (χ2n) is 5.47. The minimum Gasteiger partial charge on any atom is -0.484 e. The molecule has 3 aromatic rings. The molecule has 0 bridgehead atoms. The summed E-state index contributed by atoms with van der Waals surface area (Å²) in [6.07, 6.45) is 0. The van der Waals surface area contributed by atoms with E-state index in [0.717, 1.165) is 5.69 Å². The molecule has 3 rings (SSSR count). The van der Waals surface area contributed by atoms with Gasteiger partial charge in [-0.25, -0.2) is 0 Å². The van der Waals surface area contributed by atoms with E-state index in [4.69, 9.17) is 20.8 Å². The number of nitrogens with zero attached hydrogens (tertiary/aromatic N) is 3. The van der Waals surface area contributed by atoms with Crippen LogP contribution in [0.5, 0.6) is 5.75 Å². The highest BCUT2D eigenvalue weighted by molar-refractivity contribution is 7.99. The number of carbonyl (C=O) groups excluding carboxylic acids is 1. The van der Waals surface area contributed by atoms with E-state index in [0.29, 0.717) is 28.4 Å². The molecule has 0 spiro atoms. The third-order valence-electron chi connectivity index (χ3n) is 3.63. The van der Waals surface area contributed by atoms with Gasteiger partial charge in [0.15, 0.2) is 6.61 Å². The van der Waals surface area contributed by atoms with Gasteiger partial charge in [0, 0.05) is 17.3 Å². The van der Waals surface area contributed by atoms with Crippen molar-refractivity contribution >= 4 is 35.0 Å². The fourth-order valence-electron chi connectivity index (χ4n) is 2.34. The number of para-hydroxylation sites is 1. The first-order valence-electron chi connectivity index (χ1n) is 8.34. The molecule has 0 aliphatic heterocycles. The molecule has 27 heavy (non-hydrogen) atoms. The molecule has 0 aliphatic rings. The maximum absolute atomic E-state index is 12.5. The molecule has 140 valence electrons. The molecule has 0 saturated heterocycles. The molecule has 0 atom stereocenters. The summed E-state index contributed by atoms with van der Waals surface area (Å²) >= 11 is 7.04. The van der Waals surface area contributed by atoms with Crippen LogP contribution >= 0.6 is 23.4 Å². The maximum atomic E-state index is 12.5. The summed E-state index contributed by atoms with van der Waals surface area (Å²) in [5.41, 5.74) is 0.869. The van der Waals surface area contributed by atoms with Gasteiger partial charge in [-0.3, -0.25) is 4.79 Å². The number of hydrogen-bond acceptors (Lipinski definition) is 6. The number of carbonyl (C=O) groups is 1. The van der Waals surface area contributed by atoms with Crippen LogP contribution in [0.3, 0.4) is 0 Å². The Morgan fingerprint density at radius 1 is 1.15 bits per heavy atom. The van der Waals surface area contributed by atoms with Gasteiger partial charge in [-0.1, -0.05) is 41.6 Å². The highest BCUT2D eigenvalue weighted by Gasteiger charge is 2.16. The summed E-state index contributed by atoms with van der Waals surface area (Å²) < 4.78 is 11.1. The number of ether oxygens (including phenoxy) is 1. The van der Waals surface area contributed by atoms with Crippen molar-refractivity contribution in [2.75, 3.05) is 17.2 Å². The number of anilines is 1. The summed E-state index contributed by atoms with van der Waals surface area (Å²) in [4.78, 5) is 14.2. The average Bonchev–Trinajstić information content (AvgIpc) is 3.15. The zero-order chi connectivity index (χ0) is 19.1. The van der Waals surface area contributed by atoms with Gasteiger partial charge in [-0.05, 0) is 43.3 Å². The maximum Gasteiger partial charge on any atom is 0.277 e. The van der Waals surface area contributed by atoms with Crippen molar-refractivity contribution in [3.05, 3.63) is 65.5 Å². The van der Waals surface area contributed by atoms with Gasteiger partial charge in [0.05, 0.1) is 5.75 Å². The summed E-state index contributed by atoms with van der Waals surface area (Å²) in [5, 5.41) is 8.86. The van der Waals surface area contributed by atoms with Gasteiger partial charge >= 0.3 is 0 Å². The van der Waals surface area contributed by atoms with E-state index in [1.165, 1.54) is 11.8 Å². The van der Waals surface area contributed by atoms with E-state index in [2.05, 4.69) is 10.2 Å². The quantitative estimate of drug-likeness (QED) is 0.517. The zero-order valence-electron chi connectivity index (χ0n) is 14.7. The first kappa shape index (κ1) is 19.3. The molecule has 8 heteroatoms. The van der Waals surface area contributed by atoms with E-state index < -0.39 is 0 Å². The Labute approximate surface area is 166 Å². The molecule has 6 nitrogen and oxygen atoms in total. The third-order valence-corrected chi connectivity index (χ3v) is 4.68. The molecule has 0 radical (unpaired) electrons. The highest BCUT2D eigenvalue weighted by atomic mass is 35.5. The highest BCUT2D eigenvalue weighted by Crippen LogP contribution is 2.21. The van der Waals surface area contributed by atoms with Crippen LogP contribution in [0.2, 0.25) is 5.02 Å². The fraction of sp³-hybridized carbons (Fsp3) is 0.211. The van der Waals surface area contributed by atoms with Crippen molar-refractivity contribution in [3.63, 3.8) is 0 Å². The van der Waals surface area contributed by atoms with Crippen molar-refractivity contribution in [2.45, 2.75) is 18.8 Å². The Bertz CT molecular complexity index is 871. The van der Waals surface area contributed by atoms with Crippen LogP contribution in [0, 0.1) is 0 Å². The van der Waals surface area contributed by atoms with Crippen LogP contribution in [0.4, 0.5) is 5.69 Å². The predicted molar refractivity (Wildman–Crippen MR) is 105 cm³/mol. The van der Waals surface area contributed by atoms with Crippen LogP contribution in [0.15, 0.2) is 64.2 Å². The van der Waals surface area contributed by atoms with Gasteiger partial charge in [-0.15, -0.1) is 10.2 Å². The Balaban J connectivity index is 1.51. The van der Waals surface area contributed by atoms with Gasteiger partial charge in [0.1, 0.15) is 5.75 Å². The summed E-state index contributed by atoms with van der Waals surface area (Å²) in [6, 6.07) is 16.5. The number of hydrogen-bond donors (Lipinski definition) is 0. The molecule has 1 amide bonds. The third kappa shape index (κ3) is 5.48. The minimum absolute atomic E-state index is 0.0223. The number of thioether (sulfide) groups is 1. The first-order chi connectivity index (χ1) is 13.2. The molecular weight excluding hydrogens is 386 g/mol. The number of aromatic nitrogens is 2. The Morgan fingerprint density at radius 2 is 1.89 bits per heavy atom. The SMILES string of the molecule is CCN(C(=O)CSc1nnc(COc2ccc(Cl)cc2)o1)c1ccccc1. The summed E-state index contributed by atoms with van der Waals surface area (Å²) in [5.74, 6) is 1.19. The minimum atomic E-state index is -0.0223. The largest absolute Gasteiger partial charge is 0.484 e. The smallest absolute Gasteiger partial charge is 0.277 e. The number of benzene rings is 2. The molecule has 1 heterocycles. The Hall–Kier alpha value is -2.51. The average molecular weight is 404 g/mol. The van der Waals surface area contributed by atoms with Crippen molar-refractivity contribution < 1.29 is 13.9 Å². The topological polar surface area (TPSA) is 68.5 Å². The molecule has 0 saturated carbocycles. The molecule has 0 N–H and O–H groups in total. The molecule has 0 aliphatic carbocycles. The van der Waals surface area contributed by atoms with E-state index in [-0.39, 0.29) is 18.3 Å². The monoisotopic (exact) mass is 403 g/mol. The lowest BCUT2D eigenvalue weighted by Crippen LogP contribution is -2.32. The van der Waals surface area contributed by atoms with E-state index in [1.54, 1.807) is 29.2 Å². The van der Waals surface area contributed by atoms with Gasteiger partial charge in [0.25, 0.3) is 11.1 Å². The lowest BCUT2D eigenvalue weighted by Gasteiger charge is -2.20. The lowest BCUT2D eigenvalue weighted by atomic mass is 10.3. The van der Waals surface area contributed by atoms with Crippen LogP contribution < -0.4 is 9.64 Å². The molecule has 1 aromatic heterocycles. The van der Waals surface area contributed by atoms with Crippen LogP contribution in [-0.4, -0.2) is 28.4 Å². The fourth-order valence-corrected chi connectivity index (χ4v) is 3.13. The molecule has 0 fully saturated rings. The second kappa shape index (κ2) is 9.43. The van der Waals surface area contributed by atoms with Gasteiger partial charge < -0.3 is 14.1 Å². The Kier molecular flexibility index (Phi) is 6.73. The van der Waals surface area contributed by atoms with Crippen LogP contribution in [0.1, 0.15) is 12.8 Å². The Morgan fingerprint density at radius 3 is 2.59 bits per heavy atom. The number of amides is 1. The second-order valence-corrected chi connectivity index (χ2v) is 6.83. The predicted octanol–water partition coefficient (Wildman–Crippen LogP) is 4.45.